The number of phosphoric ester groups is 1. The Balaban J connectivity index is 1.46. The number of benzene rings is 5. The molecule has 5 aromatic carbocycles. The first-order valence-corrected chi connectivity index (χ1v) is 25.0. The molecule has 0 heterocycles. The van der Waals surface area contributed by atoms with Crippen molar-refractivity contribution in [1.82, 2.24) is 0 Å². The Morgan fingerprint density at radius 1 is 0.507 bits per heavy atom. The summed E-state index contributed by atoms with van der Waals surface area (Å²) in [5, 5.41) is 0. The van der Waals surface area contributed by atoms with Crippen LogP contribution in [0.2, 0.25) is 0 Å². The largest absolute Gasteiger partial charge is 0.475 e. The maximum atomic E-state index is 14.9. The van der Waals surface area contributed by atoms with Crippen molar-refractivity contribution in [2.45, 2.75) is 109 Å². The Kier molecular flexibility index (Phi) is 25.1. The molecule has 0 bridgehead atoms. The monoisotopic (exact) mass is 959 g/mol. The van der Waals surface area contributed by atoms with Crippen LogP contribution in [0, 0.1) is 0 Å². The lowest BCUT2D eigenvalue weighted by Gasteiger charge is -2.35. The fourth-order valence-corrected chi connectivity index (χ4v) is 8.71. The highest BCUT2D eigenvalue weighted by molar-refractivity contribution is 7.48. The van der Waals surface area contributed by atoms with Gasteiger partial charge in [-0.2, -0.15) is 0 Å². The molecule has 0 amide bonds. The van der Waals surface area contributed by atoms with Gasteiger partial charge in [0.15, 0.2) is 0 Å². The smallest absolute Gasteiger partial charge is 0.376 e. The predicted octanol–water partition coefficient (Wildman–Crippen LogP) is 10.8. The molecule has 0 spiro atoms. The van der Waals surface area contributed by atoms with Gasteiger partial charge in [-0.25, -0.2) is 9.13 Å². The second-order valence-corrected chi connectivity index (χ2v) is 18.0. The standard InChI is InChI=1S/C52H67NO12P2/c1-4-46(53)31-47(5-2)65-67(55,62-36-45-29-19-10-20-30-45)63-40-51(60-34-43-25-15-8-16-26-43)52(61-35-44-27-17-9-18-28-44)50(59-33-42-23-13-7-14-24-42)39-58-38-49(64-66-54)48(56-3)37-57-32-41-21-11-6-12-22-41/h6-30,46-52H,4-5,31-40,53H2,1-3H3/t46?,47?,48?,49-,50?,51?,52?,67?/m1/s1. The van der Waals surface area contributed by atoms with Crippen molar-refractivity contribution in [2.24, 2.45) is 5.73 Å². The highest BCUT2D eigenvalue weighted by atomic mass is 31.2. The molecule has 0 aliphatic rings. The summed E-state index contributed by atoms with van der Waals surface area (Å²) in [5.41, 5.74) is 10.9. The molecule has 0 aliphatic heterocycles. The van der Waals surface area contributed by atoms with E-state index in [0.717, 1.165) is 34.2 Å². The Hall–Kier alpha value is -4.01. The third-order valence-corrected chi connectivity index (χ3v) is 12.8. The summed E-state index contributed by atoms with van der Waals surface area (Å²) >= 11 is 0. The molecular formula is C52H67NO12P2. The lowest BCUT2D eigenvalue weighted by Crippen LogP contribution is -2.47. The lowest BCUT2D eigenvalue weighted by molar-refractivity contribution is -0.178. The van der Waals surface area contributed by atoms with Crippen LogP contribution in [0.5, 0.6) is 0 Å². The molecule has 0 radical (unpaired) electrons. The van der Waals surface area contributed by atoms with Gasteiger partial charge >= 0.3 is 16.5 Å². The topological polar surface area (TPSA) is 152 Å². The maximum Gasteiger partial charge on any atom is 0.475 e. The molecular weight excluding hydrogens is 893 g/mol. The molecule has 7 unspecified atom stereocenters. The number of hydrogen-bond donors (Lipinski definition) is 1. The molecule has 0 aliphatic carbocycles. The van der Waals surface area contributed by atoms with E-state index in [0.29, 0.717) is 19.4 Å². The van der Waals surface area contributed by atoms with E-state index in [1.807, 2.05) is 166 Å². The zero-order valence-corrected chi connectivity index (χ0v) is 40.6. The van der Waals surface area contributed by atoms with Gasteiger partial charge in [0.05, 0.1) is 65.6 Å². The summed E-state index contributed by atoms with van der Waals surface area (Å²) < 4.78 is 89.7. The molecule has 0 saturated carbocycles. The number of ether oxygens (including phenoxy) is 6. The second kappa shape index (κ2) is 31.2. The number of methoxy groups -OCH3 is 1. The van der Waals surface area contributed by atoms with Crippen molar-refractivity contribution in [1.29, 1.82) is 0 Å². The summed E-state index contributed by atoms with van der Waals surface area (Å²) in [4.78, 5) is 0. The first-order chi connectivity index (χ1) is 32.8. The zero-order chi connectivity index (χ0) is 47.4. The van der Waals surface area contributed by atoms with Crippen molar-refractivity contribution in [2.75, 3.05) is 33.5 Å². The third kappa shape index (κ3) is 20.2. The van der Waals surface area contributed by atoms with E-state index < -0.39 is 53.1 Å². The maximum absolute atomic E-state index is 14.9. The molecule has 67 heavy (non-hydrogen) atoms. The molecule has 0 saturated heterocycles. The van der Waals surface area contributed by atoms with Crippen molar-refractivity contribution in [3.05, 3.63) is 179 Å². The fraction of sp³-hybridized carbons (Fsp3) is 0.423. The van der Waals surface area contributed by atoms with Crippen molar-refractivity contribution in [3.8, 4) is 0 Å². The summed E-state index contributed by atoms with van der Waals surface area (Å²) in [7, 11) is -3.32. The van der Waals surface area contributed by atoms with E-state index in [9.17, 15) is 9.13 Å². The van der Waals surface area contributed by atoms with E-state index in [1.54, 1.807) is 0 Å². The van der Waals surface area contributed by atoms with Gasteiger partial charge < -0.3 is 34.2 Å². The van der Waals surface area contributed by atoms with Gasteiger partial charge in [0.2, 0.25) is 0 Å². The first kappa shape index (κ1) is 53.9. The predicted molar refractivity (Wildman–Crippen MR) is 258 cm³/mol. The van der Waals surface area contributed by atoms with E-state index in [1.165, 1.54) is 7.11 Å². The fourth-order valence-electron chi connectivity index (χ4n) is 6.97. The minimum Gasteiger partial charge on any atom is -0.376 e. The average molecular weight is 960 g/mol. The Bertz CT molecular complexity index is 2080. The summed E-state index contributed by atoms with van der Waals surface area (Å²) in [6.45, 7) is 4.56. The molecule has 8 atom stereocenters. The highest BCUT2D eigenvalue weighted by Gasteiger charge is 2.38. The molecule has 0 aromatic heterocycles. The lowest BCUT2D eigenvalue weighted by atomic mass is 10.1. The minimum atomic E-state index is -4.31. The Morgan fingerprint density at radius 2 is 0.940 bits per heavy atom. The van der Waals surface area contributed by atoms with Crippen LogP contribution < -0.4 is 5.73 Å². The van der Waals surface area contributed by atoms with Crippen LogP contribution in [0.15, 0.2) is 152 Å². The van der Waals surface area contributed by atoms with Gasteiger partial charge in [-0.15, -0.1) is 0 Å². The van der Waals surface area contributed by atoms with Crippen LogP contribution in [-0.2, 0) is 88.7 Å². The number of rotatable bonds is 35. The van der Waals surface area contributed by atoms with Gasteiger partial charge in [-0.05, 0) is 47.1 Å². The van der Waals surface area contributed by atoms with Gasteiger partial charge in [-0.3, -0.25) is 18.1 Å². The van der Waals surface area contributed by atoms with Crippen LogP contribution in [0.1, 0.15) is 60.9 Å². The zero-order valence-electron chi connectivity index (χ0n) is 38.8. The van der Waals surface area contributed by atoms with Crippen molar-refractivity contribution < 1.29 is 55.6 Å². The van der Waals surface area contributed by atoms with Crippen molar-refractivity contribution >= 4 is 16.5 Å². The van der Waals surface area contributed by atoms with Crippen LogP contribution >= 0.6 is 16.5 Å². The quantitative estimate of drug-likeness (QED) is 0.0384. The van der Waals surface area contributed by atoms with E-state index in [4.69, 9.17) is 52.2 Å². The molecule has 5 aromatic rings. The Morgan fingerprint density at radius 3 is 1.40 bits per heavy atom. The Labute approximate surface area is 398 Å². The summed E-state index contributed by atoms with van der Waals surface area (Å²) in [6.07, 6.45) is -2.90. The molecule has 0 fully saturated rings. The number of hydrogen-bond acceptors (Lipinski definition) is 13. The molecule has 5 rings (SSSR count). The van der Waals surface area contributed by atoms with Gasteiger partial charge in [0.1, 0.15) is 30.5 Å². The first-order valence-electron chi connectivity index (χ1n) is 22.9. The summed E-state index contributed by atoms with van der Waals surface area (Å²) in [6, 6.07) is 48.2. The molecule has 2 N–H and O–H groups in total. The second-order valence-electron chi connectivity index (χ2n) is 16.0. The minimum absolute atomic E-state index is 0.0275. The van der Waals surface area contributed by atoms with E-state index in [2.05, 4.69) is 0 Å². The van der Waals surface area contributed by atoms with Gasteiger partial charge in [-0.1, -0.05) is 166 Å². The van der Waals surface area contributed by atoms with Gasteiger partial charge in [0.25, 0.3) is 0 Å². The SMILES string of the molecule is CCC(N)CC(CC)OP(=O)(OCc1ccccc1)OCC(OCc1ccccc1)C(OCc1ccccc1)C(COC[C@@H](OP=O)C(COCc1ccccc1)OC)OCc1ccccc1. The van der Waals surface area contributed by atoms with E-state index >= 15 is 0 Å². The molecule has 362 valence electrons. The van der Waals surface area contributed by atoms with Crippen LogP contribution in [0.3, 0.4) is 0 Å². The average Bonchev–Trinajstić information content (AvgIpc) is 3.37. The van der Waals surface area contributed by atoms with Gasteiger partial charge in [0, 0.05) is 13.2 Å². The normalized spacial score (nSPS) is 15.8. The highest BCUT2D eigenvalue weighted by Crippen LogP contribution is 2.52. The van der Waals surface area contributed by atoms with Crippen LogP contribution in [-0.4, -0.2) is 76.2 Å². The third-order valence-electron chi connectivity index (χ3n) is 10.9. The molecule has 13 nitrogen and oxygen atoms in total. The van der Waals surface area contributed by atoms with Crippen LogP contribution in [0.25, 0.3) is 0 Å². The molecule has 15 heteroatoms. The number of nitrogens with two attached hydrogens (primary N) is 1. The number of phosphoric acid groups is 1. The van der Waals surface area contributed by atoms with Crippen molar-refractivity contribution in [3.63, 3.8) is 0 Å². The van der Waals surface area contributed by atoms with Crippen LogP contribution in [0.4, 0.5) is 0 Å². The summed E-state index contributed by atoms with van der Waals surface area (Å²) in [5.74, 6) is 0. The van der Waals surface area contributed by atoms with E-state index in [-0.39, 0.29) is 58.9 Å².